The highest BCUT2D eigenvalue weighted by molar-refractivity contribution is 7.99. The molecular weight excluding hydrogens is 635 g/mol. The Morgan fingerprint density at radius 2 is 1.38 bits per heavy atom. The summed E-state index contributed by atoms with van der Waals surface area (Å²) < 4.78 is 31.1. The molecule has 4 rings (SSSR count). The lowest BCUT2D eigenvalue weighted by Crippen LogP contribution is -2.68. The molecule has 1 fully saturated rings. The van der Waals surface area contributed by atoms with E-state index in [0.717, 1.165) is 15.3 Å². The molecule has 250 valence electrons. The summed E-state index contributed by atoms with van der Waals surface area (Å²) >= 11 is 1.32. The monoisotopic (exact) mass is 677 g/mol. The van der Waals surface area contributed by atoms with E-state index >= 15 is 0 Å². The third kappa shape index (κ3) is 8.97. The van der Waals surface area contributed by atoms with Crippen molar-refractivity contribution < 1.29 is 33.0 Å². The Morgan fingerprint density at radius 3 is 1.85 bits per heavy atom. The van der Waals surface area contributed by atoms with Crippen LogP contribution in [0.4, 0.5) is 4.79 Å². The van der Waals surface area contributed by atoms with Crippen molar-refractivity contribution >= 4 is 42.6 Å². The minimum atomic E-state index is -3.07. The fourth-order valence-electron chi connectivity index (χ4n) is 5.76. The van der Waals surface area contributed by atoms with Gasteiger partial charge in [-0.3, -0.25) is 4.79 Å². The van der Waals surface area contributed by atoms with Crippen LogP contribution in [0.3, 0.4) is 0 Å². The highest BCUT2D eigenvalue weighted by Gasteiger charge is 2.54. The zero-order valence-corrected chi connectivity index (χ0v) is 29.7. The molecule has 0 radical (unpaired) electrons. The maximum Gasteiger partial charge on any atom is 0.509 e. The standard InChI is InChI=1S/C35H43N3O7SSi/c1-24(39)42-31-29(37-38-36)32(46-25-17-11-8-12-18-25)43-28(30(31)44-33(40)45-34(2,3)4)23-41-47(35(5,6)7,26-19-13-9-14-20-26)27-21-15-10-16-22-27/h8-22,28-32H,23H2,1-7H3/t28-,29-,30-,31-,32+/m1/s1. The molecule has 0 aliphatic carbocycles. The highest BCUT2D eigenvalue weighted by Crippen LogP contribution is 2.40. The van der Waals surface area contributed by atoms with Crippen LogP contribution < -0.4 is 10.4 Å². The molecule has 1 heterocycles. The summed E-state index contributed by atoms with van der Waals surface area (Å²) in [4.78, 5) is 29.6. The Labute approximate surface area is 281 Å². The normalized spacial score (nSPS) is 21.6. The van der Waals surface area contributed by atoms with E-state index in [0.29, 0.717) is 0 Å². The minimum Gasteiger partial charge on any atom is -0.458 e. The second-order valence-corrected chi connectivity index (χ2v) is 18.7. The summed E-state index contributed by atoms with van der Waals surface area (Å²) in [6.07, 6.45) is -4.35. The number of carbonyl (C=O) groups excluding carboxylic acids is 2. The molecule has 1 saturated heterocycles. The average molecular weight is 678 g/mol. The Morgan fingerprint density at radius 1 is 0.851 bits per heavy atom. The van der Waals surface area contributed by atoms with Crippen LogP contribution in [0, 0.1) is 0 Å². The summed E-state index contributed by atoms with van der Waals surface area (Å²) in [5.41, 5.74) is 7.92. The van der Waals surface area contributed by atoms with Gasteiger partial charge in [-0.2, -0.15) is 0 Å². The van der Waals surface area contributed by atoms with Crippen LogP contribution in [0.2, 0.25) is 5.04 Å². The fourth-order valence-corrected chi connectivity index (χ4v) is 11.5. The van der Waals surface area contributed by atoms with Gasteiger partial charge in [-0.15, -0.1) is 0 Å². The zero-order chi connectivity index (χ0) is 34.2. The van der Waals surface area contributed by atoms with Gasteiger partial charge in [0.2, 0.25) is 0 Å². The fraction of sp³-hybridized carbons (Fsp3) is 0.429. The predicted octanol–water partition coefficient (Wildman–Crippen LogP) is 7.01. The highest BCUT2D eigenvalue weighted by atomic mass is 32.2. The van der Waals surface area contributed by atoms with Crippen LogP contribution in [0.25, 0.3) is 10.4 Å². The number of hydrogen-bond donors (Lipinski definition) is 0. The van der Waals surface area contributed by atoms with E-state index in [4.69, 9.17) is 23.4 Å². The zero-order valence-electron chi connectivity index (χ0n) is 27.9. The van der Waals surface area contributed by atoms with Crippen molar-refractivity contribution in [1.29, 1.82) is 0 Å². The van der Waals surface area contributed by atoms with Gasteiger partial charge in [0.05, 0.1) is 6.61 Å². The van der Waals surface area contributed by atoms with Crippen LogP contribution >= 0.6 is 11.8 Å². The van der Waals surface area contributed by atoms with E-state index in [1.165, 1.54) is 18.7 Å². The topological polar surface area (TPSA) is 129 Å². The van der Waals surface area contributed by atoms with Crippen molar-refractivity contribution in [3.05, 3.63) is 101 Å². The Kier molecular flexibility index (Phi) is 11.8. The second kappa shape index (κ2) is 15.4. The molecule has 10 nitrogen and oxygen atoms in total. The smallest absolute Gasteiger partial charge is 0.458 e. The molecule has 0 aromatic heterocycles. The lowest BCUT2D eigenvalue weighted by molar-refractivity contribution is -0.195. The van der Waals surface area contributed by atoms with Gasteiger partial charge >= 0.3 is 12.1 Å². The molecular formula is C35H43N3O7SSi. The van der Waals surface area contributed by atoms with E-state index in [1.807, 2.05) is 66.7 Å². The van der Waals surface area contributed by atoms with Gasteiger partial charge in [-0.05, 0) is 53.8 Å². The van der Waals surface area contributed by atoms with Crippen LogP contribution in [0.5, 0.6) is 0 Å². The summed E-state index contributed by atoms with van der Waals surface area (Å²) in [5.74, 6) is -0.636. The lowest BCUT2D eigenvalue weighted by atomic mass is 9.98. The first kappa shape index (κ1) is 36.0. The predicted molar refractivity (Wildman–Crippen MR) is 184 cm³/mol. The largest absolute Gasteiger partial charge is 0.509 e. The van der Waals surface area contributed by atoms with Crippen molar-refractivity contribution in [2.45, 2.75) is 93.8 Å². The Bertz CT molecular complexity index is 1490. The first-order chi connectivity index (χ1) is 22.2. The second-order valence-electron chi connectivity index (χ2n) is 13.3. The third-order valence-electron chi connectivity index (χ3n) is 7.60. The molecule has 0 spiro atoms. The molecule has 1 aliphatic rings. The van der Waals surface area contributed by atoms with Crippen molar-refractivity contribution in [3.8, 4) is 0 Å². The van der Waals surface area contributed by atoms with Crippen molar-refractivity contribution in [2.24, 2.45) is 5.11 Å². The van der Waals surface area contributed by atoms with Gasteiger partial charge in [0.25, 0.3) is 8.32 Å². The summed E-state index contributed by atoms with van der Waals surface area (Å²) in [7, 11) is -3.07. The quantitative estimate of drug-likeness (QED) is 0.0737. The molecule has 5 atom stereocenters. The molecule has 0 unspecified atom stereocenters. The molecule has 0 saturated carbocycles. The maximum atomic E-state index is 13.2. The van der Waals surface area contributed by atoms with E-state index in [2.05, 4.69) is 55.1 Å². The third-order valence-corrected chi connectivity index (χ3v) is 13.8. The number of ether oxygens (including phenoxy) is 4. The summed E-state index contributed by atoms with van der Waals surface area (Å²) in [6.45, 7) is 12.8. The van der Waals surface area contributed by atoms with Crippen LogP contribution in [-0.4, -0.2) is 62.4 Å². The molecule has 0 N–H and O–H groups in total. The molecule has 0 amide bonds. The number of rotatable bonds is 10. The number of thioether (sulfide) groups is 1. The van der Waals surface area contributed by atoms with E-state index < -0.39 is 55.8 Å². The van der Waals surface area contributed by atoms with Gasteiger partial charge < -0.3 is 23.4 Å². The first-order valence-corrected chi connectivity index (χ1v) is 18.3. The van der Waals surface area contributed by atoms with Crippen molar-refractivity contribution in [1.82, 2.24) is 0 Å². The molecule has 3 aromatic carbocycles. The lowest BCUT2D eigenvalue weighted by Gasteiger charge is -2.47. The van der Waals surface area contributed by atoms with Crippen LogP contribution in [0.1, 0.15) is 48.5 Å². The average Bonchev–Trinajstić information content (AvgIpc) is 3.00. The molecule has 3 aromatic rings. The van der Waals surface area contributed by atoms with Crippen LogP contribution in [-0.2, 0) is 28.2 Å². The summed E-state index contributed by atoms with van der Waals surface area (Å²) in [5, 5.41) is 5.75. The van der Waals surface area contributed by atoms with Gasteiger partial charge in [0.15, 0.2) is 12.2 Å². The Balaban J connectivity index is 1.83. The number of benzene rings is 3. The van der Waals surface area contributed by atoms with Gasteiger partial charge in [-0.1, -0.05) is 117 Å². The molecule has 1 aliphatic heterocycles. The number of carbonyl (C=O) groups is 2. The first-order valence-electron chi connectivity index (χ1n) is 15.5. The maximum absolute atomic E-state index is 13.2. The minimum absolute atomic E-state index is 0.0344. The number of nitrogens with zero attached hydrogens (tertiary/aromatic N) is 3. The summed E-state index contributed by atoms with van der Waals surface area (Å²) in [6, 6.07) is 28.6. The molecule has 47 heavy (non-hydrogen) atoms. The van der Waals surface area contributed by atoms with E-state index in [9.17, 15) is 15.1 Å². The van der Waals surface area contributed by atoms with Crippen molar-refractivity contribution in [3.63, 3.8) is 0 Å². The number of hydrogen-bond acceptors (Lipinski definition) is 9. The van der Waals surface area contributed by atoms with Crippen molar-refractivity contribution in [2.75, 3.05) is 6.61 Å². The molecule has 0 bridgehead atoms. The number of esters is 1. The van der Waals surface area contributed by atoms with E-state index in [1.54, 1.807) is 20.8 Å². The molecule has 12 heteroatoms. The Hall–Kier alpha value is -3.80. The van der Waals surface area contributed by atoms with E-state index in [-0.39, 0.29) is 11.6 Å². The van der Waals surface area contributed by atoms with Gasteiger partial charge in [0.1, 0.15) is 23.2 Å². The SMILES string of the molecule is CC(=O)O[C@@H]1[C@@H](N=[N+]=[N-])[C@H](Sc2ccccc2)O[C@H](CO[Si](c2ccccc2)(c2ccccc2)C(C)(C)C)[C@H]1OC(=O)OC(C)(C)C. The number of azide groups is 1. The van der Waals surface area contributed by atoms with Gasteiger partial charge in [-0.25, -0.2) is 4.79 Å². The van der Waals surface area contributed by atoms with Gasteiger partial charge in [0, 0.05) is 16.7 Å². The van der Waals surface area contributed by atoms with Crippen LogP contribution in [0.15, 0.2) is 101 Å².